The third-order valence-electron chi connectivity index (χ3n) is 3.53. The number of rotatable bonds is 6. The first-order chi connectivity index (χ1) is 11.2. The second-order valence-electron chi connectivity index (χ2n) is 5.54. The van der Waals surface area contributed by atoms with Crippen molar-refractivity contribution >= 4 is 0 Å². The van der Waals surface area contributed by atoms with Crippen LogP contribution in [0, 0.1) is 17.7 Å². The van der Waals surface area contributed by atoms with E-state index in [-0.39, 0.29) is 5.82 Å². The van der Waals surface area contributed by atoms with Gasteiger partial charge in [-0.1, -0.05) is 50.7 Å². The van der Waals surface area contributed by atoms with Crippen LogP contribution in [0.5, 0.6) is 5.75 Å². The summed E-state index contributed by atoms with van der Waals surface area (Å²) >= 11 is 0. The van der Waals surface area contributed by atoms with Gasteiger partial charge in [0.15, 0.2) is 11.6 Å². The van der Waals surface area contributed by atoms with Crippen molar-refractivity contribution in [2.75, 3.05) is 6.61 Å². The molecule has 2 rings (SSSR count). The molecule has 0 bridgehead atoms. The first kappa shape index (κ1) is 17.1. The van der Waals surface area contributed by atoms with Crippen LogP contribution in [-0.4, -0.2) is 6.61 Å². The highest BCUT2D eigenvalue weighted by atomic mass is 19.1. The molecule has 23 heavy (non-hydrogen) atoms. The van der Waals surface area contributed by atoms with Gasteiger partial charge in [0, 0.05) is 11.1 Å². The maximum atomic E-state index is 13.9. The van der Waals surface area contributed by atoms with Crippen LogP contribution >= 0.6 is 0 Å². The molecule has 0 unspecified atom stereocenters. The Bertz CT molecular complexity index is 677. The predicted molar refractivity (Wildman–Crippen MR) is 93.2 cm³/mol. The largest absolute Gasteiger partial charge is 0.491 e. The molecule has 0 aliphatic carbocycles. The predicted octanol–water partition coefficient (Wildman–Crippen LogP) is 5.36. The van der Waals surface area contributed by atoms with Gasteiger partial charge in [-0.05, 0) is 48.7 Å². The average molecular weight is 310 g/mol. The average Bonchev–Trinajstić information content (AvgIpc) is 2.56. The van der Waals surface area contributed by atoms with E-state index in [0.717, 1.165) is 31.2 Å². The fourth-order valence-electron chi connectivity index (χ4n) is 2.21. The van der Waals surface area contributed by atoms with Gasteiger partial charge in [0.05, 0.1) is 6.61 Å². The number of halogens is 1. The lowest BCUT2D eigenvalue weighted by atomic mass is 10.1. The maximum absolute atomic E-state index is 13.9. The highest BCUT2D eigenvalue weighted by Gasteiger charge is 2.03. The van der Waals surface area contributed by atoms with E-state index in [1.165, 1.54) is 11.6 Å². The summed E-state index contributed by atoms with van der Waals surface area (Å²) in [5.74, 6) is 6.02. The molecule has 0 atom stereocenters. The van der Waals surface area contributed by atoms with Crippen LogP contribution in [0.1, 0.15) is 49.8 Å². The summed E-state index contributed by atoms with van der Waals surface area (Å²) in [6.45, 7) is 4.79. The summed E-state index contributed by atoms with van der Waals surface area (Å²) in [6.07, 6.45) is 4.17. The zero-order chi connectivity index (χ0) is 16.5. The van der Waals surface area contributed by atoms with E-state index in [0.29, 0.717) is 17.9 Å². The van der Waals surface area contributed by atoms with E-state index in [1.54, 1.807) is 12.1 Å². The van der Waals surface area contributed by atoms with Gasteiger partial charge >= 0.3 is 0 Å². The maximum Gasteiger partial charge on any atom is 0.166 e. The van der Waals surface area contributed by atoms with Gasteiger partial charge < -0.3 is 4.74 Å². The molecule has 0 spiro atoms. The summed E-state index contributed by atoms with van der Waals surface area (Å²) in [5, 5.41) is 0. The molecule has 0 fully saturated rings. The van der Waals surface area contributed by atoms with E-state index in [2.05, 4.69) is 37.8 Å². The molecule has 0 heterocycles. The highest BCUT2D eigenvalue weighted by molar-refractivity contribution is 5.45. The SMILES string of the molecule is CCCCOc1ccc(C#Cc2ccc(CCC)cc2)cc1F. The number of hydrogen-bond acceptors (Lipinski definition) is 1. The topological polar surface area (TPSA) is 9.23 Å². The van der Waals surface area contributed by atoms with Crippen molar-refractivity contribution in [3.8, 4) is 17.6 Å². The Morgan fingerprint density at radius 1 is 0.913 bits per heavy atom. The fourth-order valence-corrected chi connectivity index (χ4v) is 2.21. The van der Waals surface area contributed by atoms with E-state index in [4.69, 9.17) is 4.74 Å². The molecular formula is C21H23FO. The van der Waals surface area contributed by atoms with Crippen LogP contribution in [-0.2, 0) is 6.42 Å². The quantitative estimate of drug-likeness (QED) is 0.516. The Balaban J connectivity index is 2.04. The molecule has 2 aromatic rings. The first-order valence-corrected chi connectivity index (χ1v) is 8.26. The second kappa shape index (κ2) is 9.00. The Hall–Kier alpha value is -2.27. The molecule has 0 amide bonds. The zero-order valence-electron chi connectivity index (χ0n) is 13.9. The van der Waals surface area contributed by atoms with E-state index in [1.807, 2.05) is 12.1 Å². The monoisotopic (exact) mass is 310 g/mol. The van der Waals surface area contributed by atoms with Crippen LogP contribution < -0.4 is 4.74 Å². The van der Waals surface area contributed by atoms with Gasteiger partial charge in [0.1, 0.15) is 0 Å². The van der Waals surface area contributed by atoms with Gasteiger partial charge in [0.2, 0.25) is 0 Å². The van der Waals surface area contributed by atoms with Crippen LogP contribution in [0.2, 0.25) is 0 Å². The van der Waals surface area contributed by atoms with Gasteiger partial charge in [-0.25, -0.2) is 4.39 Å². The second-order valence-corrected chi connectivity index (χ2v) is 5.54. The number of hydrogen-bond donors (Lipinski definition) is 0. The Labute approximate surface area is 138 Å². The van der Waals surface area contributed by atoms with Gasteiger partial charge in [-0.3, -0.25) is 0 Å². The van der Waals surface area contributed by atoms with E-state index < -0.39 is 0 Å². The molecular weight excluding hydrogens is 287 g/mol. The molecule has 2 aromatic carbocycles. The van der Waals surface area contributed by atoms with Crippen LogP contribution in [0.15, 0.2) is 42.5 Å². The molecule has 1 nitrogen and oxygen atoms in total. The number of unbranched alkanes of at least 4 members (excludes halogenated alkanes) is 1. The number of benzene rings is 2. The molecule has 0 aromatic heterocycles. The summed E-state index contributed by atoms with van der Waals surface area (Å²) in [6, 6.07) is 13.1. The van der Waals surface area contributed by atoms with Crippen molar-refractivity contribution in [3.05, 3.63) is 65.0 Å². The van der Waals surface area contributed by atoms with Gasteiger partial charge in [-0.2, -0.15) is 0 Å². The van der Waals surface area contributed by atoms with Crippen LogP contribution in [0.3, 0.4) is 0 Å². The smallest absolute Gasteiger partial charge is 0.166 e. The van der Waals surface area contributed by atoms with Crippen molar-refractivity contribution in [1.82, 2.24) is 0 Å². The summed E-state index contributed by atoms with van der Waals surface area (Å²) in [4.78, 5) is 0. The molecule has 0 aliphatic rings. The molecule has 120 valence electrons. The summed E-state index contributed by atoms with van der Waals surface area (Å²) in [7, 11) is 0. The summed E-state index contributed by atoms with van der Waals surface area (Å²) < 4.78 is 19.4. The minimum atomic E-state index is -0.355. The van der Waals surface area contributed by atoms with Crippen molar-refractivity contribution in [1.29, 1.82) is 0 Å². The van der Waals surface area contributed by atoms with Crippen molar-refractivity contribution in [2.24, 2.45) is 0 Å². The van der Waals surface area contributed by atoms with E-state index >= 15 is 0 Å². The zero-order valence-corrected chi connectivity index (χ0v) is 13.9. The first-order valence-electron chi connectivity index (χ1n) is 8.26. The van der Waals surface area contributed by atoms with Crippen molar-refractivity contribution in [3.63, 3.8) is 0 Å². The minimum absolute atomic E-state index is 0.299. The molecule has 0 aliphatic heterocycles. The molecule has 0 saturated carbocycles. The lowest BCUT2D eigenvalue weighted by molar-refractivity contribution is 0.294. The molecule has 0 saturated heterocycles. The van der Waals surface area contributed by atoms with Crippen molar-refractivity contribution in [2.45, 2.75) is 39.5 Å². The Morgan fingerprint density at radius 2 is 1.61 bits per heavy atom. The lowest BCUT2D eigenvalue weighted by Crippen LogP contribution is -1.98. The lowest BCUT2D eigenvalue weighted by Gasteiger charge is -2.06. The number of aryl methyl sites for hydroxylation is 1. The third-order valence-corrected chi connectivity index (χ3v) is 3.53. The standard InChI is InChI=1S/C21H23FO/c1-3-5-15-23-21-14-13-19(16-20(21)22)12-11-18-9-7-17(6-4-2)8-10-18/h7-10,13-14,16H,3-6,15H2,1-2H3. The Morgan fingerprint density at radius 3 is 2.26 bits per heavy atom. The minimum Gasteiger partial charge on any atom is -0.491 e. The summed E-state index contributed by atoms with van der Waals surface area (Å²) in [5.41, 5.74) is 2.91. The van der Waals surface area contributed by atoms with Crippen LogP contribution in [0.25, 0.3) is 0 Å². The third kappa shape index (κ3) is 5.45. The van der Waals surface area contributed by atoms with E-state index in [9.17, 15) is 4.39 Å². The number of ether oxygens (including phenoxy) is 1. The molecule has 0 radical (unpaired) electrons. The normalized spacial score (nSPS) is 10.0. The van der Waals surface area contributed by atoms with Crippen molar-refractivity contribution < 1.29 is 9.13 Å². The van der Waals surface area contributed by atoms with Crippen LogP contribution in [0.4, 0.5) is 4.39 Å². The van der Waals surface area contributed by atoms with Gasteiger partial charge in [-0.15, -0.1) is 0 Å². The highest BCUT2D eigenvalue weighted by Crippen LogP contribution is 2.18. The van der Waals surface area contributed by atoms with Gasteiger partial charge in [0.25, 0.3) is 0 Å². The Kier molecular flexibility index (Phi) is 6.69. The molecule has 0 N–H and O–H groups in total. The molecule has 2 heteroatoms. The fraction of sp³-hybridized carbons (Fsp3) is 0.333.